The van der Waals surface area contributed by atoms with E-state index in [4.69, 9.17) is 5.73 Å². The van der Waals surface area contributed by atoms with Crippen molar-refractivity contribution in [1.82, 2.24) is 10.2 Å². The number of nitrogens with zero attached hydrogens (tertiary/aromatic N) is 1. The van der Waals surface area contributed by atoms with Crippen molar-refractivity contribution in [2.45, 2.75) is 31.3 Å². The quantitative estimate of drug-likeness (QED) is 0.785. The van der Waals surface area contributed by atoms with Gasteiger partial charge in [-0.05, 0) is 57.3 Å². The number of hydrogen-bond acceptors (Lipinski definition) is 3. The number of rotatable bonds is 5. The minimum atomic E-state index is -0.598. The summed E-state index contributed by atoms with van der Waals surface area (Å²) < 4.78 is 28.1. The molecule has 8 heteroatoms. The van der Waals surface area contributed by atoms with Gasteiger partial charge in [-0.2, -0.15) is 0 Å². The molecule has 4 nitrogen and oxygen atoms in total. The van der Waals surface area contributed by atoms with Gasteiger partial charge in [0.2, 0.25) is 5.91 Å². The van der Waals surface area contributed by atoms with Gasteiger partial charge in [-0.15, -0.1) is 24.8 Å². The molecule has 2 saturated carbocycles. The summed E-state index contributed by atoms with van der Waals surface area (Å²) >= 11 is 0. The Kier molecular flexibility index (Phi) is 8.27. The van der Waals surface area contributed by atoms with Crippen LogP contribution in [0.25, 0.3) is 0 Å². The predicted octanol–water partition coefficient (Wildman–Crippen LogP) is 2.90. The topological polar surface area (TPSA) is 58.4 Å². The van der Waals surface area contributed by atoms with Gasteiger partial charge in [0.1, 0.15) is 11.6 Å². The third-order valence-corrected chi connectivity index (χ3v) is 5.71. The maximum atomic E-state index is 14.1. The minimum absolute atomic E-state index is 0. The highest BCUT2D eigenvalue weighted by atomic mass is 35.5. The summed E-state index contributed by atoms with van der Waals surface area (Å²) in [5, 5.41) is 2.88. The summed E-state index contributed by atoms with van der Waals surface area (Å²) in [4.78, 5) is 14.3. The Morgan fingerprint density at radius 2 is 1.81 bits per heavy atom. The number of halogens is 4. The molecule has 3 rings (SSSR count). The summed E-state index contributed by atoms with van der Waals surface area (Å²) in [5.74, 6) is -0.651. The molecule has 5 unspecified atom stereocenters. The molecule has 0 spiro atoms. The fourth-order valence-corrected chi connectivity index (χ4v) is 4.41. The molecule has 1 aromatic rings. The molecule has 2 aliphatic carbocycles. The minimum Gasteiger partial charge on any atom is -0.354 e. The molecule has 2 bridgehead atoms. The van der Waals surface area contributed by atoms with E-state index in [2.05, 4.69) is 5.32 Å². The number of likely N-dealkylation sites (N-methyl/N-ethyl adjacent to an activating group) is 1. The van der Waals surface area contributed by atoms with Gasteiger partial charge < -0.3 is 16.0 Å². The van der Waals surface area contributed by atoms with E-state index in [1.165, 1.54) is 18.2 Å². The van der Waals surface area contributed by atoms with E-state index < -0.39 is 17.7 Å². The number of carbonyl (C=O) groups is 1. The van der Waals surface area contributed by atoms with Crippen LogP contribution in [0.4, 0.5) is 8.78 Å². The molecule has 0 aromatic heterocycles. The van der Waals surface area contributed by atoms with Gasteiger partial charge in [-0.3, -0.25) is 4.79 Å². The largest absolute Gasteiger partial charge is 0.354 e. The maximum absolute atomic E-state index is 14.1. The van der Waals surface area contributed by atoms with Gasteiger partial charge in [0.15, 0.2) is 0 Å². The van der Waals surface area contributed by atoms with Crippen LogP contribution >= 0.6 is 24.8 Å². The monoisotopic (exact) mass is 409 g/mol. The molecule has 0 saturated heterocycles. The Morgan fingerprint density at radius 3 is 2.31 bits per heavy atom. The molecular formula is C18H27Cl2F2N3O. The van der Waals surface area contributed by atoms with E-state index in [9.17, 15) is 13.6 Å². The lowest BCUT2D eigenvalue weighted by atomic mass is 9.84. The second-order valence-electron chi connectivity index (χ2n) is 7.30. The normalized spacial score (nSPS) is 27.6. The molecule has 1 aromatic carbocycles. The second kappa shape index (κ2) is 9.31. The summed E-state index contributed by atoms with van der Waals surface area (Å²) in [5.41, 5.74) is 6.19. The van der Waals surface area contributed by atoms with Gasteiger partial charge >= 0.3 is 0 Å². The maximum Gasteiger partial charge on any atom is 0.225 e. The molecule has 26 heavy (non-hydrogen) atoms. The van der Waals surface area contributed by atoms with Crippen molar-refractivity contribution in [3.8, 4) is 0 Å². The van der Waals surface area contributed by atoms with Gasteiger partial charge in [0.25, 0.3) is 0 Å². The Hall–Kier alpha value is -0.950. The molecule has 1 amide bonds. The fourth-order valence-electron chi connectivity index (χ4n) is 4.41. The van der Waals surface area contributed by atoms with Crippen molar-refractivity contribution in [3.05, 3.63) is 35.4 Å². The van der Waals surface area contributed by atoms with Gasteiger partial charge in [0, 0.05) is 18.2 Å². The van der Waals surface area contributed by atoms with Crippen LogP contribution in [0.5, 0.6) is 0 Å². The van der Waals surface area contributed by atoms with Crippen LogP contribution < -0.4 is 11.1 Å². The third-order valence-electron chi connectivity index (χ3n) is 5.71. The number of fused-ring (bicyclic) bond motifs is 2. The number of nitrogens with two attached hydrogens (primary N) is 1. The number of amides is 1. The number of nitrogens with one attached hydrogen (secondary N) is 1. The zero-order valence-corrected chi connectivity index (χ0v) is 16.6. The highest BCUT2D eigenvalue weighted by Gasteiger charge is 2.49. The average Bonchev–Trinajstić information content (AvgIpc) is 3.10. The Bertz CT molecular complexity index is 610. The molecule has 5 atom stereocenters. The first kappa shape index (κ1) is 23.1. The van der Waals surface area contributed by atoms with E-state index in [1.54, 1.807) is 19.0 Å². The van der Waals surface area contributed by atoms with Gasteiger partial charge in [0.05, 0.1) is 12.0 Å². The average molecular weight is 410 g/mol. The molecule has 0 radical (unpaired) electrons. The molecule has 3 N–H and O–H groups in total. The van der Waals surface area contributed by atoms with E-state index in [0.717, 1.165) is 19.3 Å². The highest BCUT2D eigenvalue weighted by molar-refractivity contribution is 5.85. The van der Waals surface area contributed by atoms with E-state index in [1.807, 2.05) is 0 Å². The first-order valence-electron chi connectivity index (χ1n) is 8.53. The Morgan fingerprint density at radius 1 is 1.23 bits per heavy atom. The summed E-state index contributed by atoms with van der Waals surface area (Å²) in [6.07, 6.45) is 3.18. The Balaban J connectivity index is 0.00000169. The molecule has 0 aliphatic heterocycles. The summed E-state index contributed by atoms with van der Waals surface area (Å²) in [6, 6.07) is 3.16. The lowest BCUT2D eigenvalue weighted by molar-refractivity contribution is -0.127. The first-order valence-corrected chi connectivity index (χ1v) is 8.53. The van der Waals surface area contributed by atoms with Crippen LogP contribution in [0.1, 0.15) is 30.9 Å². The number of carbonyl (C=O) groups excluding carboxylic acids is 1. The summed E-state index contributed by atoms with van der Waals surface area (Å²) in [7, 11) is 3.48. The number of benzene rings is 1. The van der Waals surface area contributed by atoms with Crippen molar-refractivity contribution < 1.29 is 13.6 Å². The molecule has 0 heterocycles. The van der Waals surface area contributed by atoms with Crippen molar-refractivity contribution in [3.63, 3.8) is 0 Å². The zero-order chi connectivity index (χ0) is 17.4. The SMILES string of the molecule is CN(C)C(CNC(=O)C1C2CCC(C2)C1N)c1c(F)cccc1F.Cl.Cl. The lowest BCUT2D eigenvalue weighted by Crippen LogP contribution is -2.47. The molecular weight excluding hydrogens is 383 g/mol. The molecule has 148 valence electrons. The fraction of sp³-hybridized carbons (Fsp3) is 0.611. The van der Waals surface area contributed by atoms with Crippen molar-refractivity contribution in [1.29, 1.82) is 0 Å². The third kappa shape index (κ3) is 4.30. The highest BCUT2D eigenvalue weighted by Crippen LogP contribution is 2.47. The van der Waals surface area contributed by atoms with E-state index in [0.29, 0.717) is 11.8 Å². The Labute approximate surface area is 165 Å². The standard InChI is InChI=1S/C18H25F2N3O.2ClH/c1-23(2)14(16-12(19)4-3-5-13(16)20)9-22-18(24)15-10-6-7-11(8-10)17(15)21;;/h3-5,10-11,14-15,17H,6-9,21H2,1-2H3,(H,22,24);2*1H. The van der Waals surface area contributed by atoms with Crippen LogP contribution in [0.2, 0.25) is 0 Å². The predicted molar refractivity (Wildman–Crippen MR) is 103 cm³/mol. The van der Waals surface area contributed by atoms with Crippen LogP contribution in [0, 0.1) is 29.4 Å². The van der Waals surface area contributed by atoms with Crippen LogP contribution in [0.15, 0.2) is 18.2 Å². The van der Waals surface area contributed by atoms with Crippen LogP contribution in [-0.2, 0) is 4.79 Å². The van der Waals surface area contributed by atoms with Crippen LogP contribution in [-0.4, -0.2) is 37.5 Å². The van der Waals surface area contributed by atoms with Crippen molar-refractivity contribution >= 4 is 30.7 Å². The van der Waals surface area contributed by atoms with E-state index >= 15 is 0 Å². The van der Waals surface area contributed by atoms with Crippen LogP contribution in [0.3, 0.4) is 0 Å². The first-order chi connectivity index (χ1) is 11.4. The second-order valence-corrected chi connectivity index (χ2v) is 7.30. The van der Waals surface area contributed by atoms with Gasteiger partial charge in [-0.25, -0.2) is 8.78 Å². The van der Waals surface area contributed by atoms with Crippen molar-refractivity contribution in [2.24, 2.45) is 23.5 Å². The number of hydrogen-bond donors (Lipinski definition) is 2. The van der Waals surface area contributed by atoms with Gasteiger partial charge in [-0.1, -0.05) is 6.07 Å². The molecule has 2 fully saturated rings. The molecule has 2 aliphatic rings. The summed E-state index contributed by atoms with van der Waals surface area (Å²) in [6.45, 7) is 0.157. The zero-order valence-electron chi connectivity index (χ0n) is 15.0. The lowest BCUT2D eigenvalue weighted by Gasteiger charge is -2.30. The van der Waals surface area contributed by atoms with Crippen molar-refractivity contribution in [2.75, 3.05) is 20.6 Å². The van der Waals surface area contributed by atoms with E-state index in [-0.39, 0.29) is 54.8 Å². The smallest absolute Gasteiger partial charge is 0.225 e.